The number of benzene rings is 1. The first-order valence-corrected chi connectivity index (χ1v) is 7.53. The number of hydrogen-bond acceptors (Lipinski definition) is 4. The molecule has 0 aliphatic carbocycles. The van der Waals surface area contributed by atoms with Crippen molar-refractivity contribution in [2.24, 2.45) is 7.05 Å². The molecule has 24 heavy (non-hydrogen) atoms. The van der Waals surface area contributed by atoms with Gasteiger partial charge in [0.25, 0.3) is 0 Å². The van der Waals surface area contributed by atoms with Gasteiger partial charge in [-0.1, -0.05) is 6.07 Å². The zero-order valence-corrected chi connectivity index (χ0v) is 12.8. The second-order valence-corrected chi connectivity index (χ2v) is 5.74. The molecule has 0 amide bonds. The van der Waals surface area contributed by atoms with Crippen LogP contribution in [0.15, 0.2) is 58.1 Å². The molecule has 5 aromatic rings. The Labute approximate surface area is 135 Å². The maximum Gasteiger partial charge on any atom is 0.182 e. The van der Waals surface area contributed by atoms with Crippen molar-refractivity contribution in [2.75, 3.05) is 0 Å². The first-order valence-electron chi connectivity index (χ1n) is 7.53. The molecule has 0 atom stereocenters. The average Bonchev–Trinajstić information content (AvgIpc) is 3.14. The maximum atomic E-state index is 11.7. The molecule has 6 heteroatoms. The Morgan fingerprint density at radius 1 is 1.21 bits per heavy atom. The lowest BCUT2D eigenvalue weighted by atomic mass is 10.0. The van der Waals surface area contributed by atoms with Crippen molar-refractivity contribution in [1.29, 1.82) is 0 Å². The fraction of sp³-hybridized carbons (Fsp3) is 0.0556. The molecule has 0 saturated heterocycles. The molecular formula is C18H12N4O2. The number of nitrogens with zero attached hydrogens (tertiary/aromatic N) is 3. The lowest BCUT2D eigenvalue weighted by Crippen LogP contribution is -1.94. The monoisotopic (exact) mass is 316 g/mol. The van der Waals surface area contributed by atoms with E-state index >= 15 is 0 Å². The molecule has 0 bridgehead atoms. The molecule has 0 saturated carbocycles. The van der Waals surface area contributed by atoms with Crippen molar-refractivity contribution in [1.82, 2.24) is 19.7 Å². The van der Waals surface area contributed by atoms with Crippen molar-refractivity contribution >= 4 is 33.1 Å². The molecule has 4 aromatic heterocycles. The van der Waals surface area contributed by atoms with E-state index in [4.69, 9.17) is 9.40 Å². The van der Waals surface area contributed by atoms with Crippen LogP contribution in [0.5, 0.6) is 0 Å². The standard InChI is InChI=1S/C18H12N4O2/c1-22-18-13(9-20-22)15(10-3-2-6-19-8-10)17-16(21-18)12-5-4-11(23)7-14(12)24-17/h2-9,20H,1H3. The third kappa shape index (κ3) is 1.68. The van der Waals surface area contributed by atoms with Gasteiger partial charge in [-0.3, -0.25) is 14.5 Å². The van der Waals surface area contributed by atoms with E-state index in [9.17, 15) is 4.79 Å². The summed E-state index contributed by atoms with van der Waals surface area (Å²) in [7, 11) is 1.91. The number of aryl methyl sites for hydroxylation is 1. The van der Waals surface area contributed by atoms with Crippen molar-refractivity contribution < 1.29 is 4.42 Å². The molecule has 0 spiro atoms. The van der Waals surface area contributed by atoms with E-state index in [1.54, 1.807) is 18.5 Å². The third-order valence-corrected chi connectivity index (χ3v) is 4.26. The fourth-order valence-corrected chi connectivity index (χ4v) is 3.16. The molecule has 0 unspecified atom stereocenters. The molecule has 1 aromatic carbocycles. The van der Waals surface area contributed by atoms with Crippen molar-refractivity contribution in [3.8, 4) is 11.1 Å². The highest BCUT2D eigenvalue weighted by Gasteiger charge is 2.19. The molecule has 0 aliphatic heterocycles. The second-order valence-electron chi connectivity index (χ2n) is 5.74. The van der Waals surface area contributed by atoms with E-state index in [-0.39, 0.29) is 5.43 Å². The smallest absolute Gasteiger partial charge is 0.182 e. The number of pyridine rings is 2. The highest BCUT2D eigenvalue weighted by molar-refractivity contribution is 6.14. The Kier molecular flexibility index (Phi) is 2.48. The van der Waals surface area contributed by atoms with Crippen LogP contribution in [0.25, 0.3) is 44.2 Å². The number of aromatic nitrogens is 4. The first kappa shape index (κ1) is 13.1. The van der Waals surface area contributed by atoms with E-state index in [0.29, 0.717) is 11.2 Å². The normalized spacial score (nSPS) is 11.7. The summed E-state index contributed by atoms with van der Waals surface area (Å²) in [6.45, 7) is 0. The van der Waals surface area contributed by atoms with Gasteiger partial charge in [0.15, 0.2) is 16.7 Å². The second kappa shape index (κ2) is 4.55. The van der Waals surface area contributed by atoms with E-state index < -0.39 is 0 Å². The summed E-state index contributed by atoms with van der Waals surface area (Å²) in [4.78, 5) is 20.6. The number of hydrogen-bond donors (Lipinski definition) is 1. The van der Waals surface area contributed by atoms with Crippen LogP contribution in [0.2, 0.25) is 0 Å². The van der Waals surface area contributed by atoms with Crippen LogP contribution >= 0.6 is 0 Å². The number of nitrogens with one attached hydrogen (secondary N) is 1. The summed E-state index contributed by atoms with van der Waals surface area (Å²) in [6, 6.07) is 8.67. The summed E-state index contributed by atoms with van der Waals surface area (Å²) in [6.07, 6.45) is 5.43. The number of rotatable bonds is 1. The molecule has 0 radical (unpaired) electrons. The fourth-order valence-electron chi connectivity index (χ4n) is 3.16. The Hall–Kier alpha value is -3.41. The van der Waals surface area contributed by atoms with Crippen LogP contribution in [0, 0.1) is 0 Å². The summed E-state index contributed by atoms with van der Waals surface area (Å²) in [5.41, 5.74) is 4.55. The maximum absolute atomic E-state index is 11.7. The summed E-state index contributed by atoms with van der Waals surface area (Å²) >= 11 is 0. The van der Waals surface area contributed by atoms with Crippen LogP contribution in [0.1, 0.15) is 0 Å². The Balaban J connectivity index is 2.06. The van der Waals surface area contributed by atoms with Crippen LogP contribution in [-0.4, -0.2) is 19.7 Å². The number of H-pyrrole nitrogens is 1. The van der Waals surface area contributed by atoms with Gasteiger partial charge in [0, 0.05) is 53.6 Å². The van der Waals surface area contributed by atoms with Gasteiger partial charge in [-0.05, 0) is 18.2 Å². The van der Waals surface area contributed by atoms with E-state index in [1.165, 1.54) is 12.1 Å². The number of furan rings is 1. The van der Waals surface area contributed by atoms with Crippen molar-refractivity contribution in [3.63, 3.8) is 0 Å². The highest BCUT2D eigenvalue weighted by Crippen LogP contribution is 2.38. The minimum Gasteiger partial charge on any atom is -0.454 e. The zero-order valence-electron chi connectivity index (χ0n) is 12.8. The predicted octanol–water partition coefficient (Wildman–Crippen LogP) is 3.22. The minimum atomic E-state index is -0.0811. The van der Waals surface area contributed by atoms with Gasteiger partial charge < -0.3 is 9.52 Å². The van der Waals surface area contributed by atoms with Gasteiger partial charge in [0.05, 0.1) is 0 Å². The molecule has 0 fully saturated rings. The largest absolute Gasteiger partial charge is 0.454 e. The van der Waals surface area contributed by atoms with Gasteiger partial charge in [-0.25, -0.2) is 4.98 Å². The summed E-state index contributed by atoms with van der Waals surface area (Å²) < 4.78 is 7.88. The van der Waals surface area contributed by atoms with E-state index in [2.05, 4.69) is 10.1 Å². The molecule has 0 aliphatic rings. The van der Waals surface area contributed by atoms with Crippen LogP contribution in [-0.2, 0) is 7.05 Å². The van der Waals surface area contributed by atoms with Gasteiger partial charge >= 0.3 is 0 Å². The quantitative estimate of drug-likeness (QED) is 0.515. The van der Waals surface area contributed by atoms with Crippen LogP contribution in [0.4, 0.5) is 0 Å². The van der Waals surface area contributed by atoms with Gasteiger partial charge in [0.2, 0.25) is 0 Å². The summed E-state index contributed by atoms with van der Waals surface area (Å²) in [5, 5.41) is 4.93. The van der Waals surface area contributed by atoms with E-state index in [0.717, 1.165) is 33.1 Å². The molecule has 4 heterocycles. The lowest BCUT2D eigenvalue weighted by molar-refractivity contribution is 0.669. The summed E-state index contributed by atoms with van der Waals surface area (Å²) in [5.74, 6) is 0. The number of aromatic amines is 1. The predicted molar refractivity (Wildman–Crippen MR) is 91.8 cm³/mol. The van der Waals surface area contributed by atoms with Crippen molar-refractivity contribution in [2.45, 2.75) is 0 Å². The Bertz CT molecular complexity index is 1280. The van der Waals surface area contributed by atoms with Crippen molar-refractivity contribution in [3.05, 3.63) is 59.1 Å². The molecular weight excluding hydrogens is 304 g/mol. The van der Waals surface area contributed by atoms with Gasteiger partial charge in [0.1, 0.15) is 11.1 Å². The zero-order chi connectivity index (χ0) is 16.3. The Morgan fingerprint density at radius 3 is 2.96 bits per heavy atom. The van der Waals surface area contributed by atoms with Gasteiger partial charge in [-0.15, -0.1) is 0 Å². The Morgan fingerprint density at radius 2 is 2.12 bits per heavy atom. The van der Waals surface area contributed by atoms with Gasteiger partial charge in [-0.2, -0.15) is 0 Å². The first-order chi connectivity index (χ1) is 11.7. The highest BCUT2D eigenvalue weighted by atomic mass is 16.3. The molecule has 1 N–H and O–H groups in total. The molecule has 116 valence electrons. The molecule has 5 rings (SSSR count). The topological polar surface area (TPSA) is 76.7 Å². The molecule has 6 nitrogen and oxygen atoms in total. The number of fused-ring (bicyclic) bond motifs is 4. The third-order valence-electron chi connectivity index (χ3n) is 4.26. The SMILES string of the molecule is Cn1[nH]cc2c(-c3cccnc3)c3oc4cc(=O)ccc4c3nc21. The average molecular weight is 316 g/mol. The minimum absolute atomic E-state index is 0.0811. The lowest BCUT2D eigenvalue weighted by Gasteiger charge is -2.04. The van der Waals surface area contributed by atoms with E-state index in [1.807, 2.05) is 30.1 Å². The van der Waals surface area contributed by atoms with Crippen LogP contribution < -0.4 is 5.43 Å². The van der Waals surface area contributed by atoms with Crippen LogP contribution in [0.3, 0.4) is 0 Å².